The van der Waals surface area contributed by atoms with Gasteiger partial charge in [0.25, 0.3) is 5.91 Å². The molecule has 0 bridgehead atoms. The Bertz CT molecular complexity index is 610. The van der Waals surface area contributed by atoms with Gasteiger partial charge in [0.05, 0.1) is 11.1 Å². The third kappa shape index (κ3) is 2.99. The maximum absolute atomic E-state index is 12.6. The Morgan fingerprint density at radius 2 is 2.17 bits per heavy atom. The van der Waals surface area contributed by atoms with Crippen LogP contribution in [0.3, 0.4) is 0 Å². The summed E-state index contributed by atoms with van der Waals surface area (Å²) in [5.74, 6) is 0.783. The zero-order chi connectivity index (χ0) is 16.6. The van der Waals surface area contributed by atoms with E-state index in [0.29, 0.717) is 19.0 Å². The summed E-state index contributed by atoms with van der Waals surface area (Å²) in [7, 11) is 1.85. The summed E-state index contributed by atoms with van der Waals surface area (Å²) in [6, 6.07) is 1.74. The first-order chi connectivity index (χ1) is 10.9. The Labute approximate surface area is 136 Å². The Kier molecular flexibility index (Phi) is 4.17. The fraction of sp³-hybridized carbons (Fsp3) is 0.706. The highest BCUT2D eigenvalue weighted by Crippen LogP contribution is 2.40. The molecule has 0 aliphatic carbocycles. The van der Waals surface area contributed by atoms with Crippen molar-refractivity contribution in [3.63, 3.8) is 0 Å². The molecule has 23 heavy (non-hydrogen) atoms. The summed E-state index contributed by atoms with van der Waals surface area (Å²) in [6.07, 6.45) is 3.42. The Morgan fingerprint density at radius 1 is 1.39 bits per heavy atom. The van der Waals surface area contributed by atoms with Crippen LogP contribution in [0.2, 0.25) is 0 Å². The van der Waals surface area contributed by atoms with E-state index in [1.807, 2.05) is 7.05 Å². The molecule has 0 saturated carbocycles. The molecule has 2 aliphatic rings. The van der Waals surface area contributed by atoms with E-state index in [-0.39, 0.29) is 23.0 Å². The van der Waals surface area contributed by atoms with E-state index in [9.17, 15) is 9.59 Å². The zero-order valence-electron chi connectivity index (χ0n) is 14.2. The van der Waals surface area contributed by atoms with E-state index < -0.39 is 0 Å². The van der Waals surface area contributed by atoms with E-state index in [2.05, 4.69) is 19.0 Å². The van der Waals surface area contributed by atoms with Gasteiger partial charge in [-0.3, -0.25) is 9.59 Å². The molecule has 2 fully saturated rings. The van der Waals surface area contributed by atoms with Gasteiger partial charge in [-0.25, -0.2) is 0 Å². The third-order valence-electron chi connectivity index (χ3n) is 4.98. The lowest BCUT2D eigenvalue weighted by molar-refractivity contribution is -0.143. The molecule has 3 rings (SSSR count). The number of likely N-dealkylation sites (tertiary alicyclic amines) is 2. The molecule has 1 spiro atoms. The van der Waals surface area contributed by atoms with Gasteiger partial charge in [0.1, 0.15) is 0 Å². The lowest BCUT2D eigenvalue weighted by Crippen LogP contribution is -2.48. The molecule has 2 saturated heterocycles. The molecule has 2 amide bonds. The minimum atomic E-state index is -0.385. The van der Waals surface area contributed by atoms with Gasteiger partial charge in [0, 0.05) is 32.7 Å². The monoisotopic (exact) mass is 319 g/mol. The first kappa shape index (κ1) is 16.0. The molecule has 6 heteroatoms. The van der Waals surface area contributed by atoms with E-state index >= 15 is 0 Å². The Morgan fingerprint density at radius 3 is 2.91 bits per heavy atom. The number of aromatic nitrogens is 1. The molecular formula is C17H25N3O3. The SMILES string of the molecule is CC(C)Cc1cc(C(=O)N2CC[C@]3(CCCN(C)C3=O)C2)on1. The van der Waals surface area contributed by atoms with Crippen LogP contribution in [-0.2, 0) is 11.2 Å². The number of carbonyl (C=O) groups excluding carboxylic acids is 2. The van der Waals surface area contributed by atoms with Crippen LogP contribution in [0.1, 0.15) is 49.4 Å². The smallest absolute Gasteiger partial charge is 0.292 e. The van der Waals surface area contributed by atoms with Crippen LogP contribution >= 0.6 is 0 Å². The molecular weight excluding hydrogens is 294 g/mol. The first-order valence-electron chi connectivity index (χ1n) is 8.42. The van der Waals surface area contributed by atoms with E-state index in [1.54, 1.807) is 15.9 Å². The average Bonchev–Trinajstić information content (AvgIpc) is 3.12. The summed E-state index contributed by atoms with van der Waals surface area (Å²) in [6.45, 7) is 6.13. The number of carbonyl (C=O) groups is 2. The number of amides is 2. The lowest BCUT2D eigenvalue weighted by atomic mass is 9.78. The third-order valence-corrected chi connectivity index (χ3v) is 4.98. The Hall–Kier alpha value is -1.85. The molecule has 3 heterocycles. The predicted octanol–water partition coefficient (Wildman–Crippen LogP) is 1.96. The van der Waals surface area contributed by atoms with Crippen molar-refractivity contribution in [1.82, 2.24) is 15.0 Å². The number of nitrogens with zero attached hydrogens (tertiary/aromatic N) is 3. The molecule has 1 atom stereocenters. The van der Waals surface area contributed by atoms with Crippen molar-refractivity contribution in [3.8, 4) is 0 Å². The first-order valence-corrected chi connectivity index (χ1v) is 8.42. The van der Waals surface area contributed by atoms with Crippen LogP contribution < -0.4 is 0 Å². The second kappa shape index (κ2) is 5.98. The average molecular weight is 319 g/mol. The van der Waals surface area contributed by atoms with Crippen molar-refractivity contribution in [2.45, 2.75) is 39.5 Å². The molecule has 126 valence electrons. The fourth-order valence-corrected chi connectivity index (χ4v) is 3.78. The molecule has 1 aromatic rings. The minimum absolute atomic E-state index is 0.148. The van der Waals surface area contributed by atoms with Crippen LogP contribution in [0.4, 0.5) is 0 Å². The normalized spacial score (nSPS) is 25.0. The maximum atomic E-state index is 12.6. The number of rotatable bonds is 3. The van der Waals surface area contributed by atoms with Gasteiger partial charge in [0.2, 0.25) is 11.7 Å². The second-order valence-electron chi connectivity index (χ2n) is 7.37. The number of piperidine rings is 1. The summed E-state index contributed by atoms with van der Waals surface area (Å²) in [5.41, 5.74) is 0.425. The van der Waals surface area contributed by atoms with Gasteiger partial charge in [0.15, 0.2) is 0 Å². The second-order valence-corrected chi connectivity index (χ2v) is 7.37. The summed E-state index contributed by atoms with van der Waals surface area (Å²) in [5, 5.41) is 3.98. The van der Waals surface area contributed by atoms with E-state index in [4.69, 9.17) is 4.52 Å². The molecule has 0 aromatic carbocycles. The lowest BCUT2D eigenvalue weighted by Gasteiger charge is -2.37. The van der Waals surface area contributed by atoms with Crippen LogP contribution in [0.15, 0.2) is 10.6 Å². The summed E-state index contributed by atoms with van der Waals surface area (Å²) >= 11 is 0. The van der Waals surface area contributed by atoms with Gasteiger partial charge in [-0.15, -0.1) is 0 Å². The van der Waals surface area contributed by atoms with Crippen molar-refractivity contribution in [2.75, 3.05) is 26.7 Å². The van der Waals surface area contributed by atoms with Crippen LogP contribution in [0.5, 0.6) is 0 Å². The fourth-order valence-electron chi connectivity index (χ4n) is 3.78. The van der Waals surface area contributed by atoms with Crippen molar-refractivity contribution >= 4 is 11.8 Å². The molecule has 0 radical (unpaired) electrons. The van der Waals surface area contributed by atoms with E-state index in [0.717, 1.165) is 37.9 Å². The highest BCUT2D eigenvalue weighted by atomic mass is 16.5. The summed E-state index contributed by atoms with van der Waals surface area (Å²) in [4.78, 5) is 28.7. The van der Waals surface area contributed by atoms with Crippen molar-refractivity contribution < 1.29 is 14.1 Å². The molecule has 0 unspecified atom stereocenters. The van der Waals surface area contributed by atoms with Crippen molar-refractivity contribution in [2.24, 2.45) is 11.3 Å². The maximum Gasteiger partial charge on any atom is 0.292 e. The minimum Gasteiger partial charge on any atom is -0.351 e. The van der Waals surface area contributed by atoms with Crippen LogP contribution in [-0.4, -0.2) is 53.5 Å². The highest BCUT2D eigenvalue weighted by molar-refractivity contribution is 5.93. The van der Waals surface area contributed by atoms with Gasteiger partial charge in [-0.1, -0.05) is 19.0 Å². The highest BCUT2D eigenvalue weighted by Gasteiger charge is 2.49. The zero-order valence-corrected chi connectivity index (χ0v) is 14.2. The van der Waals surface area contributed by atoms with Crippen molar-refractivity contribution in [3.05, 3.63) is 17.5 Å². The van der Waals surface area contributed by atoms with Crippen molar-refractivity contribution in [1.29, 1.82) is 0 Å². The van der Waals surface area contributed by atoms with Crippen LogP contribution in [0.25, 0.3) is 0 Å². The van der Waals surface area contributed by atoms with Gasteiger partial charge < -0.3 is 14.3 Å². The largest absolute Gasteiger partial charge is 0.351 e. The molecule has 1 aromatic heterocycles. The number of hydrogen-bond donors (Lipinski definition) is 0. The van der Waals surface area contributed by atoms with E-state index in [1.165, 1.54) is 0 Å². The molecule has 0 N–H and O–H groups in total. The molecule has 6 nitrogen and oxygen atoms in total. The van der Waals surface area contributed by atoms with Gasteiger partial charge >= 0.3 is 0 Å². The molecule has 2 aliphatic heterocycles. The van der Waals surface area contributed by atoms with Gasteiger partial charge in [-0.05, 0) is 31.6 Å². The topological polar surface area (TPSA) is 66.7 Å². The summed E-state index contributed by atoms with van der Waals surface area (Å²) < 4.78 is 5.23. The van der Waals surface area contributed by atoms with Crippen LogP contribution in [0, 0.1) is 11.3 Å². The number of hydrogen-bond acceptors (Lipinski definition) is 4. The predicted molar refractivity (Wildman–Crippen MR) is 84.9 cm³/mol. The van der Waals surface area contributed by atoms with Gasteiger partial charge in [-0.2, -0.15) is 0 Å². The quantitative estimate of drug-likeness (QED) is 0.854. The standard InChI is InChI=1S/C17H25N3O3/c1-12(2)9-13-10-14(23-18-13)15(21)20-8-6-17(11-20)5-4-7-19(3)16(17)22/h10,12H,4-9,11H2,1-3H3/t17-/m1/s1. The Balaban J connectivity index is 1.70.